The molecule has 0 aromatic heterocycles. The molecule has 0 unspecified atom stereocenters. The maximum absolute atomic E-state index is 11.3. The predicted octanol–water partition coefficient (Wildman–Crippen LogP) is 3.34. The van der Waals surface area contributed by atoms with Crippen molar-refractivity contribution >= 4 is 19.9 Å². The van der Waals surface area contributed by atoms with Crippen LogP contribution in [-0.2, 0) is 13.3 Å². The van der Waals surface area contributed by atoms with Crippen molar-refractivity contribution in [1.82, 2.24) is 0 Å². The van der Waals surface area contributed by atoms with E-state index < -0.39 is 9.15 Å². The van der Waals surface area contributed by atoms with Crippen molar-refractivity contribution < 1.29 is 12.6 Å². The molecule has 0 N–H and O–H groups in total. The number of hydrogen-bond acceptors (Lipinski definition) is 4. The van der Waals surface area contributed by atoms with Crippen molar-refractivity contribution in [2.45, 2.75) is 4.90 Å². The fourth-order valence-electron chi connectivity index (χ4n) is 1.49. The van der Waals surface area contributed by atoms with Crippen molar-refractivity contribution in [2.75, 3.05) is 7.11 Å². The van der Waals surface area contributed by atoms with Crippen LogP contribution in [0.3, 0.4) is 0 Å². The van der Waals surface area contributed by atoms with Crippen LogP contribution in [0, 0.1) is 0 Å². The first kappa shape index (κ1) is 13.1. The first-order chi connectivity index (χ1) is 8.61. The summed E-state index contributed by atoms with van der Waals surface area (Å²) in [5.41, 5.74) is 2.15. The van der Waals surface area contributed by atoms with Gasteiger partial charge >= 0.3 is 9.15 Å². The molecule has 3 nitrogen and oxygen atoms in total. The van der Waals surface area contributed by atoms with Gasteiger partial charge in [0.05, 0.1) is 7.11 Å². The first-order valence-corrected chi connectivity index (χ1v) is 8.00. The standard InChI is InChI=1S/C13H12O3S2/c1-16-18(14,15)17-13-9-7-12(8-10-13)11-5-3-2-4-6-11/h2-10H,1H3. The molecule has 0 bridgehead atoms. The second-order valence-corrected chi connectivity index (χ2v) is 7.06. The van der Waals surface area contributed by atoms with Crippen LogP contribution in [0.25, 0.3) is 11.1 Å². The molecule has 0 aliphatic heterocycles. The van der Waals surface area contributed by atoms with E-state index in [4.69, 9.17) is 0 Å². The number of rotatable bonds is 4. The van der Waals surface area contributed by atoms with Gasteiger partial charge in [0.15, 0.2) is 0 Å². The van der Waals surface area contributed by atoms with E-state index in [0.717, 1.165) is 18.2 Å². The maximum Gasteiger partial charge on any atom is 0.326 e. The first-order valence-electron chi connectivity index (χ1n) is 5.26. The van der Waals surface area contributed by atoms with Crippen LogP contribution in [0.4, 0.5) is 0 Å². The lowest BCUT2D eigenvalue weighted by molar-refractivity contribution is 0.413. The summed E-state index contributed by atoms with van der Waals surface area (Å²) in [7, 11) is -1.68. The van der Waals surface area contributed by atoms with Crippen molar-refractivity contribution in [3.8, 4) is 11.1 Å². The van der Waals surface area contributed by atoms with Gasteiger partial charge in [-0.3, -0.25) is 4.18 Å². The van der Waals surface area contributed by atoms with Crippen LogP contribution in [0.1, 0.15) is 0 Å². The summed E-state index contributed by atoms with van der Waals surface area (Å²) < 4.78 is 26.9. The van der Waals surface area contributed by atoms with Crippen LogP contribution < -0.4 is 0 Å². The van der Waals surface area contributed by atoms with Gasteiger partial charge < -0.3 is 0 Å². The number of hydrogen-bond donors (Lipinski definition) is 0. The van der Waals surface area contributed by atoms with Gasteiger partial charge in [0, 0.05) is 15.7 Å². The van der Waals surface area contributed by atoms with Gasteiger partial charge in [-0.15, -0.1) is 0 Å². The Morgan fingerprint density at radius 1 is 0.889 bits per heavy atom. The normalized spacial score (nSPS) is 11.4. The highest BCUT2D eigenvalue weighted by atomic mass is 33.1. The SMILES string of the molecule is COS(=O)(=O)Sc1ccc(-c2ccccc2)cc1. The Morgan fingerprint density at radius 3 is 2.00 bits per heavy atom. The molecule has 0 saturated carbocycles. The van der Waals surface area contributed by atoms with Crippen molar-refractivity contribution in [3.05, 3.63) is 54.6 Å². The lowest BCUT2D eigenvalue weighted by atomic mass is 10.1. The van der Waals surface area contributed by atoms with E-state index in [9.17, 15) is 8.42 Å². The Balaban J connectivity index is 2.21. The highest BCUT2D eigenvalue weighted by Gasteiger charge is 2.11. The minimum atomic E-state index is -3.53. The van der Waals surface area contributed by atoms with Crippen molar-refractivity contribution in [2.24, 2.45) is 0 Å². The zero-order valence-corrected chi connectivity index (χ0v) is 11.4. The zero-order valence-electron chi connectivity index (χ0n) is 9.74. The topological polar surface area (TPSA) is 43.4 Å². The van der Waals surface area contributed by atoms with Gasteiger partial charge in [-0.05, 0) is 23.3 Å². The molecule has 2 rings (SSSR count). The molecule has 94 valence electrons. The van der Waals surface area contributed by atoms with Crippen LogP contribution in [0.2, 0.25) is 0 Å². The maximum atomic E-state index is 11.3. The summed E-state index contributed by atoms with van der Waals surface area (Å²) in [6.45, 7) is 0. The monoisotopic (exact) mass is 280 g/mol. The minimum absolute atomic E-state index is 0.636. The van der Waals surface area contributed by atoms with Gasteiger partial charge in [0.1, 0.15) is 0 Å². The van der Waals surface area contributed by atoms with Gasteiger partial charge in [0.2, 0.25) is 0 Å². The van der Waals surface area contributed by atoms with Gasteiger partial charge in [-0.2, -0.15) is 8.42 Å². The number of benzene rings is 2. The Bertz CT molecular complexity index is 604. The van der Waals surface area contributed by atoms with E-state index in [0.29, 0.717) is 15.7 Å². The molecular formula is C13H12O3S2. The summed E-state index contributed by atoms with van der Waals surface area (Å²) >= 11 is 0. The average Bonchev–Trinajstić information content (AvgIpc) is 2.40. The second-order valence-electron chi connectivity index (χ2n) is 3.55. The molecular weight excluding hydrogens is 268 g/mol. The lowest BCUT2D eigenvalue weighted by Crippen LogP contribution is -1.94. The summed E-state index contributed by atoms with van der Waals surface area (Å²) in [5, 5.41) is 0. The molecule has 0 spiro atoms. The minimum Gasteiger partial charge on any atom is -0.265 e. The third kappa shape index (κ3) is 3.35. The van der Waals surface area contributed by atoms with Gasteiger partial charge in [0.25, 0.3) is 0 Å². The second kappa shape index (κ2) is 5.56. The Hall–Kier alpha value is -1.30. The predicted molar refractivity (Wildman–Crippen MR) is 73.7 cm³/mol. The molecule has 0 amide bonds. The summed E-state index contributed by atoms with van der Waals surface area (Å²) in [6, 6.07) is 17.2. The van der Waals surface area contributed by atoms with Crippen LogP contribution >= 0.6 is 10.8 Å². The van der Waals surface area contributed by atoms with Gasteiger partial charge in [-0.25, -0.2) is 0 Å². The molecule has 2 aromatic rings. The largest absolute Gasteiger partial charge is 0.326 e. The molecule has 0 atom stereocenters. The summed E-state index contributed by atoms with van der Waals surface area (Å²) in [5.74, 6) is 0. The van der Waals surface area contributed by atoms with E-state index in [1.165, 1.54) is 0 Å². The fourth-order valence-corrected chi connectivity index (χ4v) is 3.28. The molecule has 0 radical (unpaired) electrons. The van der Waals surface area contributed by atoms with E-state index >= 15 is 0 Å². The zero-order chi connectivity index (χ0) is 13.0. The smallest absolute Gasteiger partial charge is 0.265 e. The summed E-state index contributed by atoms with van der Waals surface area (Å²) in [4.78, 5) is 0.636. The molecule has 0 fully saturated rings. The third-order valence-electron chi connectivity index (χ3n) is 2.36. The molecule has 18 heavy (non-hydrogen) atoms. The Morgan fingerprint density at radius 2 is 1.44 bits per heavy atom. The van der Waals surface area contributed by atoms with E-state index in [1.807, 2.05) is 42.5 Å². The quantitative estimate of drug-likeness (QED) is 0.806. The van der Waals surface area contributed by atoms with Crippen LogP contribution in [0.5, 0.6) is 0 Å². The highest BCUT2D eigenvalue weighted by molar-refractivity contribution is 8.70. The Labute approximate surface area is 110 Å². The van der Waals surface area contributed by atoms with Crippen molar-refractivity contribution in [3.63, 3.8) is 0 Å². The van der Waals surface area contributed by atoms with Crippen LogP contribution in [-0.4, -0.2) is 15.5 Å². The molecule has 0 saturated heterocycles. The molecule has 0 heterocycles. The molecule has 5 heteroatoms. The van der Waals surface area contributed by atoms with Crippen molar-refractivity contribution in [1.29, 1.82) is 0 Å². The van der Waals surface area contributed by atoms with E-state index in [2.05, 4.69) is 4.18 Å². The van der Waals surface area contributed by atoms with Gasteiger partial charge in [-0.1, -0.05) is 42.5 Å². The molecule has 0 aliphatic rings. The average molecular weight is 280 g/mol. The summed E-state index contributed by atoms with van der Waals surface area (Å²) in [6.07, 6.45) is 0. The van der Waals surface area contributed by atoms with Crippen LogP contribution in [0.15, 0.2) is 59.5 Å². The fraction of sp³-hybridized carbons (Fsp3) is 0.0769. The Kier molecular flexibility index (Phi) is 4.06. The third-order valence-corrected chi connectivity index (χ3v) is 5.04. The highest BCUT2D eigenvalue weighted by Crippen LogP contribution is 2.28. The molecule has 0 aliphatic carbocycles. The lowest BCUT2D eigenvalue weighted by Gasteiger charge is -2.03. The van der Waals surface area contributed by atoms with E-state index in [-0.39, 0.29) is 0 Å². The molecule has 2 aromatic carbocycles. The van der Waals surface area contributed by atoms with E-state index in [1.54, 1.807) is 12.1 Å².